The third kappa shape index (κ3) is 3.13. The van der Waals surface area contributed by atoms with Crippen molar-refractivity contribution in [2.24, 2.45) is 5.92 Å². The maximum atomic E-state index is 12.1. The summed E-state index contributed by atoms with van der Waals surface area (Å²) in [5.74, 6) is 0.270. The molecule has 7 nitrogen and oxygen atoms in total. The molecular weight excluding hydrogens is 292 g/mol. The monoisotopic (exact) mass is 314 g/mol. The average Bonchev–Trinajstić information content (AvgIpc) is 3.08. The predicted octanol–water partition coefficient (Wildman–Crippen LogP) is 1.15. The molecule has 1 saturated heterocycles. The summed E-state index contributed by atoms with van der Waals surface area (Å²) in [6, 6.07) is 5.84. The first kappa shape index (κ1) is 15.3. The Balaban J connectivity index is 1.80. The van der Waals surface area contributed by atoms with Gasteiger partial charge in [0, 0.05) is 37.8 Å². The third-order valence-corrected chi connectivity index (χ3v) is 4.12. The third-order valence-electron chi connectivity index (χ3n) is 4.12. The van der Waals surface area contributed by atoms with Gasteiger partial charge in [0.05, 0.1) is 11.4 Å². The Morgan fingerprint density at radius 1 is 1.09 bits per heavy atom. The minimum Gasteiger partial charge on any atom is -0.399 e. The number of hydrogen-bond acceptors (Lipinski definition) is 5. The first-order chi connectivity index (χ1) is 11.1. The number of aromatic nitrogens is 3. The molecule has 1 aliphatic rings. The van der Waals surface area contributed by atoms with Crippen LogP contribution in [0.15, 0.2) is 30.9 Å². The normalized spacial score (nSPS) is 15.3. The van der Waals surface area contributed by atoms with Gasteiger partial charge in [0.15, 0.2) is 0 Å². The van der Waals surface area contributed by atoms with Crippen LogP contribution in [0.25, 0.3) is 5.69 Å². The molecule has 2 aromatic rings. The average molecular weight is 314 g/mol. The van der Waals surface area contributed by atoms with E-state index in [9.17, 15) is 4.79 Å². The maximum absolute atomic E-state index is 12.1. The molecular formula is C16H22N6O. The van der Waals surface area contributed by atoms with E-state index in [0.717, 1.165) is 37.6 Å². The van der Waals surface area contributed by atoms with Gasteiger partial charge in [-0.1, -0.05) is 13.8 Å². The zero-order chi connectivity index (χ0) is 16.4. The second-order valence-electron chi connectivity index (χ2n) is 6.08. The first-order valence-electron chi connectivity index (χ1n) is 7.84. The summed E-state index contributed by atoms with van der Waals surface area (Å²) < 4.78 is 1.86. The molecule has 0 saturated carbocycles. The van der Waals surface area contributed by atoms with Crippen molar-refractivity contribution in [2.45, 2.75) is 13.8 Å². The fourth-order valence-electron chi connectivity index (χ4n) is 2.87. The number of nitrogens with zero attached hydrogens (tertiary/aromatic N) is 5. The molecule has 23 heavy (non-hydrogen) atoms. The van der Waals surface area contributed by atoms with E-state index in [1.165, 1.54) is 0 Å². The van der Waals surface area contributed by atoms with Gasteiger partial charge in [-0.15, -0.1) is 10.2 Å². The highest BCUT2D eigenvalue weighted by Crippen LogP contribution is 2.27. The summed E-state index contributed by atoms with van der Waals surface area (Å²) in [6.07, 6.45) is 3.33. The fraction of sp³-hybridized carbons (Fsp3) is 0.438. The highest BCUT2D eigenvalue weighted by atomic mass is 16.2. The number of piperazine rings is 1. The predicted molar refractivity (Wildman–Crippen MR) is 89.4 cm³/mol. The van der Waals surface area contributed by atoms with Gasteiger partial charge in [0.2, 0.25) is 5.91 Å². The van der Waals surface area contributed by atoms with Crippen molar-refractivity contribution in [3.8, 4) is 5.69 Å². The fourth-order valence-corrected chi connectivity index (χ4v) is 2.87. The lowest BCUT2D eigenvalue weighted by atomic mass is 10.1. The molecule has 0 atom stereocenters. The summed E-state index contributed by atoms with van der Waals surface area (Å²) in [4.78, 5) is 16.3. The number of carbonyl (C=O) groups excluding carboxylic acids is 1. The van der Waals surface area contributed by atoms with Gasteiger partial charge in [-0.05, 0) is 18.2 Å². The lowest BCUT2D eigenvalue weighted by molar-refractivity contribution is -0.134. The summed E-state index contributed by atoms with van der Waals surface area (Å²) >= 11 is 0. The Morgan fingerprint density at radius 2 is 1.74 bits per heavy atom. The number of nitrogens with two attached hydrogens (primary N) is 1. The molecule has 1 amide bonds. The molecule has 3 rings (SSSR count). The number of anilines is 2. The van der Waals surface area contributed by atoms with Crippen LogP contribution in [-0.4, -0.2) is 51.8 Å². The van der Waals surface area contributed by atoms with E-state index >= 15 is 0 Å². The van der Waals surface area contributed by atoms with Gasteiger partial charge in [0.1, 0.15) is 12.7 Å². The molecule has 1 aliphatic heterocycles. The van der Waals surface area contributed by atoms with E-state index in [2.05, 4.69) is 15.1 Å². The van der Waals surface area contributed by atoms with Crippen molar-refractivity contribution in [1.82, 2.24) is 19.7 Å². The van der Waals surface area contributed by atoms with Crippen LogP contribution in [0.4, 0.5) is 11.4 Å². The van der Waals surface area contributed by atoms with Crippen LogP contribution in [0.5, 0.6) is 0 Å². The molecule has 1 fully saturated rings. The van der Waals surface area contributed by atoms with Crippen LogP contribution in [0.2, 0.25) is 0 Å². The molecule has 122 valence electrons. The topological polar surface area (TPSA) is 80.3 Å². The minimum atomic E-state index is 0.0469. The van der Waals surface area contributed by atoms with Crippen LogP contribution >= 0.6 is 0 Å². The Morgan fingerprint density at radius 3 is 2.35 bits per heavy atom. The van der Waals surface area contributed by atoms with Crippen molar-refractivity contribution in [2.75, 3.05) is 36.8 Å². The zero-order valence-electron chi connectivity index (χ0n) is 13.5. The highest BCUT2D eigenvalue weighted by Gasteiger charge is 2.24. The van der Waals surface area contributed by atoms with E-state index < -0.39 is 0 Å². The molecule has 7 heteroatoms. The zero-order valence-corrected chi connectivity index (χ0v) is 13.5. The van der Waals surface area contributed by atoms with E-state index in [4.69, 9.17) is 5.73 Å². The van der Waals surface area contributed by atoms with Crippen LogP contribution < -0.4 is 10.6 Å². The van der Waals surface area contributed by atoms with Crippen molar-refractivity contribution in [3.05, 3.63) is 30.9 Å². The smallest absolute Gasteiger partial charge is 0.225 e. The Hall–Kier alpha value is -2.57. The van der Waals surface area contributed by atoms with Gasteiger partial charge in [0.25, 0.3) is 0 Å². The maximum Gasteiger partial charge on any atom is 0.225 e. The Labute approximate surface area is 135 Å². The number of rotatable bonds is 3. The minimum absolute atomic E-state index is 0.0469. The van der Waals surface area contributed by atoms with E-state index in [-0.39, 0.29) is 11.8 Å². The Bertz CT molecular complexity index is 674. The van der Waals surface area contributed by atoms with Crippen LogP contribution in [-0.2, 0) is 4.79 Å². The van der Waals surface area contributed by atoms with Crippen LogP contribution in [0.3, 0.4) is 0 Å². The SMILES string of the molecule is CC(C)C(=O)N1CCN(c2ccc(N)cc2-n2cnnc2)CC1. The Kier molecular flexibility index (Phi) is 4.18. The van der Waals surface area contributed by atoms with E-state index in [1.54, 1.807) is 12.7 Å². The number of amides is 1. The summed E-state index contributed by atoms with van der Waals surface area (Å²) in [5.41, 5.74) is 8.67. The number of carbonyl (C=O) groups is 1. The van der Waals surface area contributed by atoms with Crippen LogP contribution in [0.1, 0.15) is 13.8 Å². The van der Waals surface area contributed by atoms with E-state index in [0.29, 0.717) is 5.69 Å². The van der Waals surface area contributed by atoms with Gasteiger partial charge >= 0.3 is 0 Å². The highest BCUT2D eigenvalue weighted by molar-refractivity contribution is 5.78. The molecule has 0 spiro atoms. The number of benzene rings is 1. The van der Waals surface area contributed by atoms with Gasteiger partial charge in [-0.25, -0.2) is 0 Å². The standard InChI is InChI=1S/C16H22N6O/c1-12(2)16(23)21-7-5-20(6-8-21)14-4-3-13(17)9-15(14)22-10-18-19-11-22/h3-4,9-12H,5-8,17H2,1-2H3. The lowest BCUT2D eigenvalue weighted by Gasteiger charge is -2.37. The van der Waals surface area contributed by atoms with Crippen molar-refractivity contribution in [3.63, 3.8) is 0 Å². The van der Waals surface area contributed by atoms with Crippen molar-refractivity contribution < 1.29 is 4.79 Å². The second kappa shape index (κ2) is 6.28. The molecule has 0 unspecified atom stereocenters. The van der Waals surface area contributed by atoms with Gasteiger partial charge in [-0.3, -0.25) is 9.36 Å². The largest absolute Gasteiger partial charge is 0.399 e. The van der Waals surface area contributed by atoms with Crippen molar-refractivity contribution >= 4 is 17.3 Å². The summed E-state index contributed by atoms with van der Waals surface area (Å²) in [7, 11) is 0. The molecule has 1 aromatic carbocycles. The van der Waals surface area contributed by atoms with Crippen molar-refractivity contribution in [1.29, 1.82) is 0 Å². The number of nitrogen functional groups attached to an aromatic ring is 1. The lowest BCUT2D eigenvalue weighted by Crippen LogP contribution is -2.50. The van der Waals surface area contributed by atoms with Gasteiger partial charge in [-0.2, -0.15) is 0 Å². The number of hydrogen-bond donors (Lipinski definition) is 1. The molecule has 0 aliphatic carbocycles. The second-order valence-corrected chi connectivity index (χ2v) is 6.08. The quantitative estimate of drug-likeness (QED) is 0.860. The molecule has 0 bridgehead atoms. The van der Waals surface area contributed by atoms with Crippen LogP contribution in [0, 0.1) is 5.92 Å². The molecule has 1 aromatic heterocycles. The molecule has 0 radical (unpaired) electrons. The van der Waals surface area contributed by atoms with E-state index in [1.807, 2.05) is 41.5 Å². The summed E-state index contributed by atoms with van der Waals surface area (Å²) in [5, 5.41) is 7.74. The van der Waals surface area contributed by atoms with Gasteiger partial charge < -0.3 is 15.5 Å². The first-order valence-corrected chi connectivity index (χ1v) is 7.84. The molecule has 2 heterocycles. The summed E-state index contributed by atoms with van der Waals surface area (Å²) in [6.45, 7) is 6.97. The molecule has 2 N–H and O–H groups in total.